The van der Waals surface area contributed by atoms with Crippen LogP contribution in [0.15, 0.2) is 18.2 Å². The SMILES string of the molecule is Cc1cc(Cl)cc(C(O)C(O)CCCl)c1. The minimum Gasteiger partial charge on any atom is -0.390 e. The Morgan fingerprint density at radius 2 is 1.93 bits per heavy atom. The molecular formula is C11H14Cl2O2. The molecule has 0 fully saturated rings. The lowest BCUT2D eigenvalue weighted by molar-refractivity contribution is 0.0170. The Hall–Kier alpha value is -0.280. The Labute approximate surface area is 99.5 Å². The average molecular weight is 249 g/mol. The first-order chi connectivity index (χ1) is 7.04. The molecule has 0 aliphatic rings. The second-order valence-corrected chi connectivity index (χ2v) is 4.37. The number of halogens is 2. The van der Waals surface area contributed by atoms with Crippen LogP contribution in [0, 0.1) is 6.92 Å². The fourth-order valence-electron chi connectivity index (χ4n) is 1.43. The Bertz CT molecular complexity index is 308. The minimum atomic E-state index is -0.929. The van der Waals surface area contributed by atoms with Crippen LogP contribution in [0.25, 0.3) is 0 Å². The molecule has 0 amide bonds. The van der Waals surface area contributed by atoms with Gasteiger partial charge in [0.25, 0.3) is 0 Å². The minimum absolute atomic E-state index is 0.317. The molecule has 0 aliphatic heterocycles. The van der Waals surface area contributed by atoms with Gasteiger partial charge >= 0.3 is 0 Å². The number of aliphatic hydroxyl groups excluding tert-OH is 2. The summed E-state index contributed by atoms with van der Waals surface area (Å²) in [6.45, 7) is 1.88. The molecule has 15 heavy (non-hydrogen) atoms. The predicted octanol–water partition coefficient (Wildman–Crippen LogP) is 2.67. The number of aliphatic hydroxyl groups is 2. The van der Waals surface area contributed by atoms with Gasteiger partial charge in [-0.05, 0) is 36.6 Å². The zero-order valence-electron chi connectivity index (χ0n) is 8.45. The molecule has 0 saturated carbocycles. The maximum Gasteiger partial charge on any atom is 0.105 e. The molecule has 0 spiro atoms. The van der Waals surface area contributed by atoms with E-state index >= 15 is 0 Å². The van der Waals surface area contributed by atoms with Crippen LogP contribution in [0.1, 0.15) is 23.7 Å². The molecule has 4 heteroatoms. The van der Waals surface area contributed by atoms with Crippen LogP contribution in [0.5, 0.6) is 0 Å². The Kier molecular flexibility index (Phi) is 4.87. The van der Waals surface area contributed by atoms with Crippen molar-refractivity contribution in [3.63, 3.8) is 0 Å². The van der Waals surface area contributed by atoms with E-state index in [0.29, 0.717) is 22.9 Å². The van der Waals surface area contributed by atoms with Gasteiger partial charge in [0.1, 0.15) is 6.10 Å². The lowest BCUT2D eigenvalue weighted by Crippen LogP contribution is -2.18. The van der Waals surface area contributed by atoms with Gasteiger partial charge in [0.15, 0.2) is 0 Å². The van der Waals surface area contributed by atoms with E-state index in [-0.39, 0.29) is 0 Å². The van der Waals surface area contributed by atoms with Crippen LogP contribution in [-0.2, 0) is 0 Å². The standard InChI is InChI=1S/C11H14Cl2O2/c1-7-4-8(6-9(13)5-7)11(15)10(14)2-3-12/h4-6,10-11,14-15H,2-3H2,1H3. The molecule has 1 rings (SSSR count). The van der Waals surface area contributed by atoms with E-state index in [1.54, 1.807) is 18.2 Å². The lowest BCUT2D eigenvalue weighted by Gasteiger charge is -2.17. The molecule has 0 radical (unpaired) electrons. The first-order valence-electron chi connectivity index (χ1n) is 4.73. The molecule has 0 aliphatic carbocycles. The molecule has 2 unspecified atom stereocenters. The van der Waals surface area contributed by atoms with Crippen molar-refractivity contribution in [1.29, 1.82) is 0 Å². The highest BCUT2D eigenvalue weighted by Gasteiger charge is 2.18. The topological polar surface area (TPSA) is 40.5 Å². The monoisotopic (exact) mass is 248 g/mol. The van der Waals surface area contributed by atoms with Gasteiger partial charge in [-0.25, -0.2) is 0 Å². The van der Waals surface area contributed by atoms with Crippen molar-refractivity contribution >= 4 is 23.2 Å². The lowest BCUT2D eigenvalue weighted by atomic mass is 10.0. The summed E-state index contributed by atoms with van der Waals surface area (Å²) < 4.78 is 0. The van der Waals surface area contributed by atoms with Crippen molar-refractivity contribution in [1.82, 2.24) is 0 Å². The number of rotatable bonds is 4. The summed E-state index contributed by atoms with van der Waals surface area (Å²) in [5, 5.41) is 19.9. The molecule has 2 atom stereocenters. The second-order valence-electron chi connectivity index (χ2n) is 3.55. The number of hydrogen-bond acceptors (Lipinski definition) is 2. The zero-order valence-corrected chi connectivity index (χ0v) is 9.96. The molecule has 1 aromatic carbocycles. The van der Waals surface area contributed by atoms with Crippen molar-refractivity contribution < 1.29 is 10.2 Å². The van der Waals surface area contributed by atoms with Crippen molar-refractivity contribution in [3.05, 3.63) is 34.3 Å². The molecule has 1 aromatic rings. The molecule has 2 N–H and O–H groups in total. The Balaban J connectivity index is 2.85. The third kappa shape index (κ3) is 3.65. The first-order valence-corrected chi connectivity index (χ1v) is 5.65. The van der Waals surface area contributed by atoms with Crippen molar-refractivity contribution in [2.75, 3.05) is 5.88 Å². The number of aryl methyl sites for hydroxylation is 1. The number of benzene rings is 1. The summed E-state index contributed by atoms with van der Waals surface area (Å²) in [5.74, 6) is 0.317. The van der Waals surface area contributed by atoms with Crippen LogP contribution in [0.3, 0.4) is 0 Å². The third-order valence-electron chi connectivity index (χ3n) is 2.18. The second kappa shape index (κ2) is 5.71. The maximum atomic E-state index is 9.80. The average Bonchev–Trinajstić information content (AvgIpc) is 2.15. The largest absolute Gasteiger partial charge is 0.390 e. The van der Waals surface area contributed by atoms with Crippen LogP contribution in [0.4, 0.5) is 0 Å². The summed E-state index contributed by atoms with van der Waals surface area (Å²) in [7, 11) is 0. The molecule has 84 valence electrons. The van der Waals surface area contributed by atoms with E-state index in [4.69, 9.17) is 23.2 Å². The van der Waals surface area contributed by atoms with Crippen molar-refractivity contribution in [3.8, 4) is 0 Å². The van der Waals surface area contributed by atoms with Gasteiger partial charge in [-0.2, -0.15) is 0 Å². The molecular weight excluding hydrogens is 235 g/mol. The predicted molar refractivity (Wildman–Crippen MR) is 62.5 cm³/mol. The molecule has 0 saturated heterocycles. The summed E-state index contributed by atoms with van der Waals surface area (Å²) in [5.41, 5.74) is 1.58. The maximum absolute atomic E-state index is 9.80. The first kappa shape index (κ1) is 12.8. The van der Waals surface area contributed by atoms with E-state index in [1.807, 2.05) is 6.92 Å². The van der Waals surface area contributed by atoms with Gasteiger partial charge in [0, 0.05) is 10.9 Å². The van der Waals surface area contributed by atoms with Gasteiger partial charge in [0.2, 0.25) is 0 Å². The van der Waals surface area contributed by atoms with Crippen LogP contribution >= 0.6 is 23.2 Å². The van der Waals surface area contributed by atoms with Crippen molar-refractivity contribution in [2.45, 2.75) is 25.6 Å². The van der Waals surface area contributed by atoms with Crippen LogP contribution in [-0.4, -0.2) is 22.2 Å². The van der Waals surface area contributed by atoms with E-state index in [1.165, 1.54) is 0 Å². The summed E-state index contributed by atoms with van der Waals surface area (Å²) in [6, 6.07) is 5.25. The fraction of sp³-hybridized carbons (Fsp3) is 0.455. The van der Waals surface area contributed by atoms with Gasteiger partial charge in [-0.1, -0.05) is 17.7 Å². The highest BCUT2D eigenvalue weighted by Crippen LogP contribution is 2.23. The molecule has 0 heterocycles. The van der Waals surface area contributed by atoms with E-state index < -0.39 is 12.2 Å². The van der Waals surface area contributed by atoms with Gasteiger partial charge in [-0.3, -0.25) is 0 Å². The highest BCUT2D eigenvalue weighted by molar-refractivity contribution is 6.30. The number of hydrogen-bond donors (Lipinski definition) is 2. The molecule has 2 nitrogen and oxygen atoms in total. The molecule has 0 bridgehead atoms. The summed E-state index contributed by atoms with van der Waals surface area (Å²) >= 11 is 11.4. The third-order valence-corrected chi connectivity index (χ3v) is 2.61. The van der Waals surface area contributed by atoms with E-state index in [9.17, 15) is 10.2 Å². The highest BCUT2D eigenvalue weighted by atomic mass is 35.5. The quantitative estimate of drug-likeness (QED) is 0.805. The van der Waals surface area contributed by atoms with Gasteiger partial charge < -0.3 is 10.2 Å². The van der Waals surface area contributed by atoms with E-state index in [0.717, 1.165) is 5.56 Å². The van der Waals surface area contributed by atoms with Crippen molar-refractivity contribution in [2.24, 2.45) is 0 Å². The van der Waals surface area contributed by atoms with Gasteiger partial charge in [0.05, 0.1) is 6.10 Å². The summed E-state index contributed by atoms with van der Waals surface area (Å²) in [4.78, 5) is 0. The normalized spacial score (nSPS) is 15.0. The zero-order chi connectivity index (χ0) is 11.4. The Morgan fingerprint density at radius 1 is 1.27 bits per heavy atom. The Morgan fingerprint density at radius 3 is 2.47 bits per heavy atom. The van der Waals surface area contributed by atoms with E-state index in [2.05, 4.69) is 0 Å². The van der Waals surface area contributed by atoms with Crippen LogP contribution in [0.2, 0.25) is 5.02 Å². The number of alkyl halides is 1. The fourth-order valence-corrected chi connectivity index (χ4v) is 1.95. The smallest absolute Gasteiger partial charge is 0.105 e. The summed E-state index contributed by atoms with van der Waals surface area (Å²) in [6.07, 6.45) is -1.42. The van der Waals surface area contributed by atoms with Gasteiger partial charge in [-0.15, -0.1) is 11.6 Å². The molecule has 0 aromatic heterocycles. The van der Waals surface area contributed by atoms with Crippen LogP contribution < -0.4 is 0 Å².